The van der Waals surface area contributed by atoms with Gasteiger partial charge < -0.3 is 24.8 Å². The molecular weight excluding hydrogens is 243 g/mol. The van der Waals surface area contributed by atoms with Crippen molar-refractivity contribution in [3.63, 3.8) is 0 Å². The summed E-state index contributed by atoms with van der Waals surface area (Å²) >= 11 is 0. The molecule has 1 aromatic carbocycles. The average molecular weight is 258 g/mol. The topological polar surface area (TPSA) is 79.2 Å². The number of halogens is 1. The lowest BCUT2D eigenvalue weighted by Crippen LogP contribution is -2.58. The Morgan fingerprint density at radius 3 is 2.28 bits per heavy atom. The van der Waals surface area contributed by atoms with Gasteiger partial charge in [0, 0.05) is 0 Å². The molecule has 6 heteroatoms. The van der Waals surface area contributed by atoms with Gasteiger partial charge in [0.2, 0.25) is 6.29 Å². The highest BCUT2D eigenvalue weighted by Crippen LogP contribution is 2.24. The summed E-state index contributed by atoms with van der Waals surface area (Å²) in [4.78, 5) is 0. The first-order valence-corrected chi connectivity index (χ1v) is 5.61. The van der Waals surface area contributed by atoms with Crippen LogP contribution >= 0.6 is 0 Å². The molecule has 0 unspecified atom stereocenters. The Morgan fingerprint density at radius 2 is 1.67 bits per heavy atom. The molecule has 2 rings (SSSR count). The van der Waals surface area contributed by atoms with E-state index in [9.17, 15) is 19.7 Å². The van der Waals surface area contributed by atoms with Crippen LogP contribution in [0.2, 0.25) is 0 Å². The van der Waals surface area contributed by atoms with Crippen LogP contribution in [0, 0.1) is 5.82 Å². The van der Waals surface area contributed by atoms with Gasteiger partial charge in [-0.3, -0.25) is 0 Å². The molecule has 1 heterocycles. The summed E-state index contributed by atoms with van der Waals surface area (Å²) in [6.07, 6.45) is -5.67. The normalized spacial score (nSPS) is 36.4. The molecule has 1 saturated heterocycles. The van der Waals surface area contributed by atoms with Crippen LogP contribution in [0.4, 0.5) is 4.39 Å². The molecule has 1 aliphatic heterocycles. The quantitative estimate of drug-likeness (QED) is 0.697. The minimum atomic E-state index is -1.37. The molecule has 0 radical (unpaired) electrons. The van der Waals surface area contributed by atoms with Crippen molar-refractivity contribution in [2.45, 2.75) is 37.6 Å². The summed E-state index contributed by atoms with van der Waals surface area (Å²) in [5.74, 6) is -0.104. The Labute approximate surface area is 103 Å². The minimum Gasteiger partial charge on any atom is -0.462 e. The first-order chi connectivity index (χ1) is 8.49. The third kappa shape index (κ3) is 2.62. The van der Waals surface area contributed by atoms with E-state index in [0.717, 1.165) is 0 Å². The Balaban J connectivity index is 2.06. The molecule has 1 fully saturated rings. The summed E-state index contributed by atoms with van der Waals surface area (Å²) in [5.41, 5.74) is 0. The van der Waals surface area contributed by atoms with Gasteiger partial charge in [-0.1, -0.05) is 0 Å². The largest absolute Gasteiger partial charge is 0.462 e. The van der Waals surface area contributed by atoms with E-state index in [1.165, 1.54) is 24.3 Å². The summed E-state index contributed by atoms with van der Waals surface area (Å²) in [6, 6.07) is 5.18. The van der Waals surface area contributed by atoms with E-state index in [0.29, 0.717) is 5.75 Å². The minimum absolute atomic E-state index is 0.302. The van der Waals surface area contributed by atoms with Crippen LogP contribution < -0.4 is 4.74 Å². The van der Waals surface area contributed by atoms with Crippen molar-refractivity contribution in [2.24, 2.45) is 0 Å². The van der Waals surface area contributed by atoms with Crippen LogP contribution in [0.3, 0.4) is 0 Å². The van der Waals surface area contributed by atoms with Crippen molar-refractivity contribution in [3.8, 4) is 5.75 Å². The predicted octanol–water partition coefficient (Wildman–Crippen LogP) is 0.0320. The molecule has 0 saturated carbocycles. The zero-order valence-electron chi connectivity index (χ0n) is 9.73. The number of ether oxygens (including phenoxy) is 2. The summed E-state index contributed by atoms with van der Waals surface area (Å²) in [6.45, 7) is 1.56. The lowest BCUT2D eigenvalue weighted by molar-refractivity contribution is -0.268. The molecule has 1 aromatic rings. The van der Waals surface area contributed by atoms with Crippen molar-refractivity contribution in [1.29, 1.82) is 0 Å². The van der Waals surface area contributed by atoms with E-state index < -0.39 is 36.5 Å². The molecule has 0 amide bonds. The van der Waals surface area contributed by atoms with Crippen LogP contribution in [0.15, 0.2) is 24.3 Å². The van der Waals surface area contributed by atoms with Crippen molar-refractivity contribution in [1.82, 2.24) is 0 Å². The predicted molar refractivity (Wildman–Crippen MR) is 59.4 cm³/mol. The van der Waals surface area contributed by atoms with Gasteiger partial charge in [-0.15, -0.1) is 0 Å². The molecule has 0 aromatic heterocycles. The molecular formula is C12H15FO5. The van der Waals surface area contributed by atoms with Crippen LogP contribution in [0.5, 0.6) is 5.75 Å². The monoisotopic (exact) mass is 258 g/mol. The lowest BCUT2D eigenvalue weighted by atomic mass is 10.00. The molecule has 1 aliphatic rings. The Morgan fingerprint density at radius 1 is 1.06 bits per heavy atom. The van der Waals surface area contributed by atoms with E-state index in [-0.39, 0.29) is 0 Å². The van der Waals surface area contributed by atoms with Crippen LogP contribution in [0.1, 0.15) is 6.92 Å². The number of aliphatic hydroxyl groups is 3. The number of aliphatic hydroxyl groups excluding tert-OH is 3. The van der Waals surface area contributed by atoms with E-state index in [1.807, 2.05) is 0 Å². The highest BCUT2D eigenvalue weighted by molar-refractivity contribution is 5.22. The maximum atomic E-state index is 12.7. The highest BCUT2D eigenvalue weighted by atomic mass is 19.1. The van der Waals surface area contributed by atoms with Crippen LogP contribution in [-0.2, 0) is 4.74 Å². The zero-order chi connectivity index (χ0) is 13.3. The van der Waals surface area contributed by atoms with Crippen LogP contribution in [-0.4, -0.2) is 46.0 Å². The Hall–Kier alpha value is -1.21. The SMILES string of the molecule is C[C@@H]1O[C@H](Oc2ccc(F)cc2)[C@H](O)[C@H](O)[C@H]1O. The molecule has 0 spiro atoms. The van der Waals surface area contributed by atoms with Crippen molar-refractivity contribution in [3.05, 3.63) is 30.1 Å². The first-order valence-electron chi connectivity index (χ1n) is 5.61. The third-order valence-electron chi connectivity index (χ3n) is 2.87. The molecule has 0 aliphatic carbocycles. The second-order valence-electron chi connectivity index (χ2n) is 4.25. The maximum Gasteiger partial charge on any atom is 0.229 e. The van der Waals surface area contributed by atoms with Gasteiger partial charge in [0.15, 0.2) is 0 Å². The zero-order valence-corrected chi connectivity index (χ0v) is 9.73. The number of rotatable bonds is 2. The molecule has 3 N–H and O–H groups in total. The van der Waals surface area contributed by atoms with E-state index in [4.69, 9.17) is 9.47 Å². The fraction of sp³-hybridized carbons (Fsp3) is 0.500. The fourth-order valence-electron chi connectivity index (χ4n) is 1.76. The first kappa shape index (κ1) is 13.2. The second kappa shape index (κ2) is 5.19. The molecule has 100 valence electrons. The second-order valence-corrected chi connectivity index (χ2v) is 4.25. The van der Waals surface area contributed by atoms with Crippen molar-refractivity contribution in [2.75, 3.05) is 0 Å². The number of hydrogen-bond donors (Lipinski definition) is 3. The van der Waals surface area contributed by atoms with Crippen LogP contribution in [0.25, 0.3) is 0 Å². The van der Waals surface area contributed by atoms with Crippen molar-refractivity contribution < 1.29 is 29.2 Å². The maximum absolute atomic E-state index is 12.7. The van der Waals surface area contributed by atoms with Gasteiger partial charge in [-0.2, -0.15) is 0 Å². The van der Waals surface area contributed by atoms with Gasteiger partial charge in [0.05, 0.1) is 6.10 Å². The number of hydrogen-bond acceptors (Lipinski definition) is 5. The Kier molecular flexibility index (Phi) is 3.82. The third-order valence-corrected chi connectivity index (χ3v) is 2.87. The summed E-state index contributed by atoms with van der Waals surface area (Å²) in [5, 5.41) is 28.8. The van der Waals surface area contributed by atoms with Gasteiger partial charge >= 0.3 is 0 Å². The standard InChI is InChI=1S/C12H15FO5/c1-6-9(14)10(15)11(16)12(17-6)18-8-4-2-7(13)3-5-8/h2-6,9-12,14-16H,1H3/t6-,9-,10+,11+,12+/m0/s1. The molecule has 0 bridgehead atoms. The average Bonchev–Trinajstić information content (AvgIpc) is 2.36. The lowest BCUT2D eigenvalue weighted by Gasteiger charge is -2.38. The molecule has 5 nitrogen and oxygen atoms in total. The smallest absolute Gasteiger partial charge is 0.229 e. The Bertz CT molecular complexity index is 396. The van der Waals surface area contributed by atoms with E-state index >= 15 is 0 Å². The van der Waals surface area contributed by atoms with Gasteiger partial charge in [0.25, 0.3) is 0 Å². The number of benzene rings is 1. The van der Waals surface area contributed by atoms with Gasteiger partial charge in [0.1, 0.15) is 29.9 Å². The van der Waals surface area contributed by atoms with E-state index in [1.54, 1.807) is 6.92 Å². The molecule has 5 atom stereocenters. The van der Waals surface area contributed by atoms with Gasteiger partial charge in [-0.05, 0) is 31.2 Å². The molecule has 18 heavy (non-hydrogen) atoms. The summed E-state index contributed by atoms with van der Waals surface area (Å²) < 4.78 is 23.2. The summed E-state index contributed by atoms with van der Waals surface area (Å²) in [7, 11) is 0. The fourth-order valence-corrected chi connectivity index (χ4v) is 1.76. The van der Waals surface area contributed by atoms with E-state index in [2.05, 4.69) is 0 Å². The van der Waals surface area contributed by atoms with Crippen molar-refractivity contribution >= 4 is 0 Å². The highest BCUT2D eigenvalue weighted by Gasteiger charge is 2.43. The van der Waals surface area contributed by atoms with Gasteiger partial charge in [-0.25, -0.2) is 4.39 Å².